The van der Waals surface area contributed by atoms with Crippen LogP contribution in [-0.4, -0.2) is 37.2 Å². The predicted octanol–water partition coefficient (Wildman–Crippen LogP) is 2.87. The summed E-state index contributed by atoms with van der Waals surface area (Å²) in [5.41, 5.74) is 0.153. The normalized spacial score (nSPS) is 46.4. The second-order valence-corrected chi connectivity index (χ2v) is 10.0. The number of tetrazole rings is 1. The molecular weight excluding hydrogens is 340 g/mol. The van der Waals surface area contributed by atoms with Crippen LogP contribution in [0.1, 0.15) is 64.7 Å². The van der Waals surface area contributed by atoms with Crippen LogP contribution in [0, 0.1) is 40.9 Å². The van der Waals surface area contributed by atoms with Gasteiger partial charge in [0.1, 0.15) is 6.54 Å². The van der Waals surface area contributed by atoms with Crippen LogP contribution < -0.4 is 0 Å². The summed E-state index contributed by atoms with van der Waals surface area (Å²) in [6.45, 7) is 2.67. The van der Waals surface area contributed by atoms with Gasteiger partial charge in [-0.3, -0.25) is 4.79 Å². The van der Waals surface area contributed by atoms with Crippen molar-refractivity contribution >= 4 is 5.78 Å². The molecule has 0 spiro atoms. The molecule has 1 aromatic heterocycles. The minimum Gasteiger partial charge on any atom is -0.393 e. The lowest BCUT2D eigenvalue weighted by Crippen LogP contribution is -2.50. The molecule has 0 amide bonds. The number of hydrogen-bond acceptors (Lipinski definition) is 5. The minimum absolute atomic E-state index is 0.0597. The predicted molar refractivity (Wildman–Crippen MR) is 99.4 cm³/mol. The number of aliphatic hydroxyl groups excluding tert-OH is 1. The van der Waals surface area contributed by atoms with Crippen LogP contribution in [0.4, 0.5) is 0 Å². The molecule has 27 heavy (non-hydrogen) atoms. The van der Waals surface area contributed by atoms with Crippen molar-refractivity contribution in [1.29, 1.82) is 0 Å². The number of ketones is 1. The van der Waals surface area contributed by atoms with Gasteiger partial charge in [-0.05, 0) is 98.0 Å². The largest absolute Gasteiger partial charge is 0.393 e. The quantitative estimate of drug-likeness (QED) is 0.882. The minimum atomic E-state index is -0.0597. The molecule has 6 heteroatoms. The maximum Gasteiger partial charge on any atom is 0.162 e. The number of Topliss-reactive ketones (excluding diaryl/α,β-unsaturated/α-hetero) is 1. The summed E-state index contributed by atoms with van der Waals surface area (Å²) in [5.74, 6) is 4.35. The molecule has 4 aliphatic rings. The Morgan fingerprint density at radius 3 is 2.78 bits per heavy atom. The highest BCUT2D eigenvalue weighted by Gasteiger charge is 2.58. The maximum absolute atomic E-state index is 13.0. The Bertz CT molecular complexity index is 692. The number of nitrogens with zero attached hydrogens (tertiary/aromatic N) is 4. The van der Waals surface area contributed by atoms with Crippen molar-refractivity contribution in [2.75, 3.05) is 0 Å². The van der Waals surface area contributed by atoms with Crippen LogP contribution in [0.15, 0.2) is 6.33 Å². The van der Waals surface area contributed by atoms with Crippen molar-refractivity contribution < 1.29 is 9.90 Å². The molecule has 0 aliphatic heterocycles. The average molecular weight is 373 g/mol. The van der Waals surface area contributed by atoms with Gasteiger partial charge in [0.25, 0.3) is 0 Å². The second kappa shape index (κ2) is 6.64. The summed E-state index contributed by atoms with van der Waals surface area (Å²) in [5, 5.41) is 21.7. The molecule has 5 rings (SSSR count). The van der Waals surface area contributed by atoms with Gasteiger partial charge in [-0.2, -0.15) is 4.80 Å². The van der Waals surface area contributed by atoms with Gasteiger partial charge in [0.2, 0.25) is 0 Å². The van der Waals surface area contributed by atoms with Gasteiger partial charge in [-0.1, -0.05) is 6.92 Å². The van der Waals surface area contributed by atoms with Crippen LogP contribution in [0.2, 0.25) is 0 Å². The van der Waals surface area contributed by atoms with E-state index in [4.69, 9.17) is 0 Å². The van der Waals surface area contributed by atoms with E-state index in [2.05, 4.69) is 22.3 Å². The molecule has 0 aromatic carbocycles. The number of carbonyl (C=O) groups is 1. The molecule has 1 heterocycles. The maximum atomic E-state index is 13.0. The molecule has 1 aromatic rings. The van der Waals surface area contributed by atoms with Gasteiger partial charge in [0.15, 0.2) is 12.1 Å². The highest BCUT2D eigenvalue weighted by atomic mass is 16.3. The first-order valence-electron chi connectivity index (χ1n) is 11.0. The van der Waals surface area contributed by atoms with Crippen molar-refractivity contribution in [2.45, 2.75) is 77.4 Å². The summed E-state index contributed by atoms with van der Waals surface area (Å²) < 4.78 is 0. The van der Waals surface area contributed by atoms with E-state index in [1.54, 1.807) is 0 Å². The van der Waals surface area contributed by atoms with Crippen molar-refractivity contribution in [3.05, 3.63) is 6.33 Å². The molecule has 0 radical (unpaired) electrons. The van der Waals surface area contributed by atoms with Crippen molar-refractivity contribution in [1.82, 2.24) is 20.2 Å². The first kappa shape index (κ1) is 17.8. The molecule has 1 N–H and O–H groups in total. The van der Waals surface area contributed by atoms with Crippen LogP contribution in [0.5, 0.6) is 0 Å². The summed E-state index contributed by atoms with van der Waals surface area (Å²) in [4.78, 5) is 14.5. The van der Waals surface area contributed by atoms with Gasteiger partial charge in [0.05, 0.1) is 6.10 Å². The Labute approximate surface area is 161 Å². The molecule has 0 unspecified atom stereocenters. The van der Waals surface area contributed by atoms with E-state index in [-0.39, 0.29) is 24.0 Å². The molecule has 4 aliphatic carbocycles. The Morgan fingerprint density at radius 2 is 1.96 bits per heavy atom. The Kier molecular flexibility index (Phi) is 4.37. The number of fused-ring (bicyclic) bond motifs is 5. The van der Waals surface area contributed by atoms with Gasteiger partial charge < -0.3 is 5.11 Å². The molecule has 148 valence electrons. The van der Waals surface area contributed by atoms with Crippen LogP contribution >= 0.6 is 0 Å². The zero-order chi connectivity index (χ0) is 18.6. The highest BCUT2D eigenvalue weighted by molar-refractivity contribution is 5.81. The second-order valence-electron chi connectivity index (χ2n) is 10.0. The zero-order valence-corrected chi connectivity index (χ0v) is 16.3. The smallest absolute Gasteiger partial charge is 0.162 e. The van der Waals surface area contributed by atoms with E-state index in [1.807, 2.05) is 0 Å². The van der Waals surface area contributed by atoms with Crippen LogP contribution in [-0.2, 0) is 11.3 Å². The van der Waals surface area contributed by atoms with E-state index in [0.29, 0.717) is 11.7 Å². The summed E-state index contributed by atoms with van der Waals surface area (Å²) in [7, 11) is 0. The molecular formula is C21H32N4O2. The lowest BCUT2D eigenvalue weighted by atomic mass is 9.49. The molecule has 8 atom stereocenters. The molecule has 6 nitrogen and oxygen atoms in total. The Balaban J connectivity index is 1.33. The lowest BCUT2D eigenvalue weighted by molar-refractivity contribution is -0.131. The fraction of sp³-hybridized carbons (Fsp3) is 0.905. The zero-order valence-electron chi connectivity index (χ0n) is 16.3. The first-order chi connectivity index (χ1) is 13.1. The van der Waals surface area contributed by atoms with Gasteiger partial charge >= 0.3 is 0 Å². The third-order valence-corrected chi connectivity index (χ3v) is 9.00. The number of aromatic nitrogens is 4. The lowest BCUT2D eigenvalue weighted by Gasteiger charge is -2.56. The number of aliphatic hydroxyl groups is 1. The average Bonchev–Trinajstić information content (AvgIpc) is 3.28. The molecule has 4 fully saturated rings. The first-order valence-corrected chi connectivity index (χ1v) is 11.0. The SMILES string of the molecule is C[C@]12CC[C@H]3[C@@H](CC[C@H]4C[C@H](O)CC[C@@H]43)[C@@H]1CC[C@@H]2C(=O)Cn1ncnn1. The van der Waals surface area contributed by atoms with E-state index >= 15 is 0 Å². The van der Waals surface area contributed by atoms with Gasteiger partial charge in [-0.25, -0.2) is 0 Å². The van der Waals surface area contributed by atoms with Crippen LogP contribution in [0.25, 0.3) is 0 Å². The van der Waals surface area contributed by atoms with Gasteiger partial charge in [-0.15, -0.1) is 10.2 Å². The van der Waals surface area contributed by atoms with Crippen molar-refractivity contribution in [3.8, 4) is 0 Å². The monoisotopic (exact) mass is 372 g/mol. The summed E-state index contributed by atoms with van der Waals surface area (Å²) >= 11 is 0. The van der Waals surface area contributed by atoms with E-state index in [9.17, 15) is 9.90 Å². The summed E-state index contributed by atoms with van der Waals surface area (Å²) in [6.07, 6.45) is 11.9. The van der Waals surface area contributed by atoms with E-state index in [0.717, 1.165) is 42.9 Å². The number of rotatable bonds is 3. The Morgan fingerprint density at radius 1 is 1.11 bits per heavy atom. The number of hydrogen-bond donors (Lipinski definition) is 1. The molecule has 0 saturated heterocycles. The van der Waals surface area contributed by atoms with E-state index in [1.165, 1.54) is 49.6 Å². The fourth-order valence-electron chi connectivity index (χ4n) is 7.87. The third-order valence-electron chi connectivity index (χ3n) is 9.00. The fourth-order valence-corrected chi connectivity index (χ4v) is 7.87. The topological polar surface area (TPSA) is 80.9 Å². The number of carbonyl (C=O) groups excluding carboxylic acids is 1. The van der Waals surface area contributed by atoms with Crippen molar-refractivity contribution in [3.63, 3.8) is 0 Å². The molecule has 4 saturated carbocycles. The Hall–Kier alpha value is -1.30. The molecule has 0 bridgehead atoms. The standard InChI is InChI=1S/C21H32N4O2/c1-21-9-8-16-15-5-3-14(26)10-13(15)2-4-17(16)18(21)6-7-19(21)20(27)11-25-23-12-22-24-25/h12-19,26H,2-11H2,1H3/t13-,14+,15-,16+,17+,18-,19+,21-/m0/s1. The summed E-state index contributed by atoms with van der Waals surface area (Å²) in [6, 6.07) is 0. The van der Waals surface area contributed by atoms with Crippen LogP contribution in [0.3, 0.4) is 0 Å². The van der Waals surface area contributed by atoms with Gasteiger partial charge in [0, 0.05) is 5.92 Å². The van der Waals surface area contributed by atoms with Crippen molar-refractivity contribution in [2.24, 2.45) is 40.9 Å². The van der Waals surface area contributed by atoms with E-state index < -0.39 is 0 Å². The highest BCUT2D eigenvalue weighted by Crippen LogP contribution is 2.64. The third kappa shape index (κ3) is 2.86.